The Kier molecular flexibility index (Phi) is 9.35. The largest absolute Gasteiger partial charge is 0.512 e. The van der Waals surface area contributed by atoms with Gasteiger partial charge in [-0.2, -0.15) is 0 Å². The van der Waals surface area contributed by atoms with Crippen LogP contribution in [0.4, 0.5) is 0 Å². The Balaban J connectivity index is 2.24. The molecule has 0 aliphatic carbocycles. The molecule has 0 aliphatic heterocycles. The molecule has 0 radical (unpaired) electrons. The van der Waals surface area contributed by atoms with E-state index in [4.69, 9.17) is 15.2 Å². The second-order valence-corrected chi connectivity index (χ2v) is 7.48. The molecule has 31 heavy (non-hydrogen) atoms. The molecule has 2 aromatic carbocycles. The summed E-state index contributed by atoms with van der Waals surface area (Å²) >= 11 is 0. The molecule has 0 fully saturated rings. The van der Waals surface area contributed by atoms with Gasteiger partial charge < -0.3 is 20.3 Å². The summed E-state index contributed by atoms with van der Waals surface area (Å²) in [4.78, 5) is 11.9. The molecule has 0 aromatic heterocycles. The zero-order valence-corrected chi connectivity index (χ0v) is 18.9. The van der Waals surface area contributed by atoms with Crippen molar-refractivity contribution in [3.8, 4) is 5.75 Å². The van der Waals surface area contributed by atoms with E-state index in [0.717, 1.165) is 34.3 Å². The Morgan fingerprint density at radius 2 is 1.90 bits per heavy atom. The smallest absolute Gasteiger partial charge is 0.310 e. The van der Waals surface area contributed by atoms with Crippen molar-refractivity contribution in [3.05, 3.63) is 82.6 Å². The fraction of sp³-hybridized carbons (Fsp3) is 0.346. The van der Waals surface area contributed by atoms with Crippen LogP contribution >= 0.6 is 0 Å². The number of hydrogen-bond donors (Lipinski definition) is 2. The number of carbonyl (C=O) groups is 1. The standard InChI is InChI=1S/C26H33NO4/c1-5-30-26(29)17-23-10-6-7-12-25(23)31-20(4)18(2)15-24(19(3)28)22-11-8-9-21(16-22)13-14-27/h6-12,15-16,20,28H,5,13-14,17,27H2,1-4H3/b18-15+,24-19-. The minimum absolute atomic E-state index is 0.161. The highest BCUT2D eigenvalue weighted by Gasteiger charge is 2.14. The molecule has 2 aromatic rings. The van der Waals surface area contributed by atoms with Crippen LogP contribution in [-0.4, -0.2) is 30.3 Å². The second kappa shape index (κ2) is 12.0. The highest BCUT2D eigenvalue weighted by Crippen LogP contribution is 2.26. The van der Waals surface area contributed by atoms with E-state index in [9.17, 15) is 9.90 Å². The van der Waals surface area contributed by atoms with Gasteiger partial charge >= 0.3 is 5.97 Å². The minimum Gasteiger partial charge on any atom is -0.512 e. The number of allylic oxidation sites excluding steroid dienone is 3. The van der Waals surface area contributed by atoms with Crippen LogP contribution in [0.1, 0.15) is 44.4 Å². The van der Waals surface area contributed by atoms with E-state index in [1.54, 1.807) is 13.8 Å². The molecule has 1 atom stereocenters. The summed E-state index contributed by atoms with van der Waals surface area (Å²) in [7, 11) is 0. The number of nitrogens with two attached hydrogens (primary N) is 1. The van der Waals surface area contributed by atoms with Crippen LogP contribution in [0.15, 0.2) is 65.9 Å². The fourth-order valence-electron chi connectivity index (χ4n) is 3.22. The normalized spacial score (nSPS) is 13.4. The monoisotopic (exact) mass is 423 g/mol. The van der Waals surface area contributed by atoms with Gasteiger partial charge in [-0.25, -0.2) is 0 Å². The van der Waals surface area contributed by atoms with Crippen molar-refractivity contribution >= 4 is 11.5 Å². The molecule has 3 N–H and O–H groups in total. The zero-order valence-electron chi connectivity index (χ0n) is 18.9. The summed E-state index contributed by atoms with van der Waals surface area (Å²) in [6, 6.07) is 15.5. The number of hydrogen-bond acceptors (Lipinski definition) is 5. The number of benzene rings is 2. The third kappa shape index (κ3) is 7.30. The topological polar surface area (TPSA) is 81.8 Å². The van der Waals surface area contributed by atoms with Gasteiger partial charge in [0.15, 0.2) is 0 Å². The van der Waals surface area contributed by atoms with E-state index in [1.807, 2.05) is 68.5 Å². The maximum Gasteiger partial charge on any atom is 0.310 e. The van der Waals surface area contributed by atoms with Crippen LogP contribution in [0.2, 0.25) is 0 Å². The SMILES string of the molecule is CCOC(=O)Cc1ccccc1OC(C)/C(C)=C/C(=C(\C)O)c1cccc(CCN)c1. The summed E-state index contributed by atoms with van der Waals surface area (Å²) < 4.78 is 11.2. The van der Waals surface area contributed by atoms with Crippen molar-refractivity contribution in [2.75, 3.05) is 13.2 Å². The summed E-state index contributed by atoms with van der Waals surface area (Å²) in [6.07, 6.45) is 2.62. The number of aliphatic hydroxyl groups is 1. The lowest BCUT2D eigenvalue weighted by atomic mass is 9.98. The summed E-state index contributed by atoms with van der Waals surface area (Å²) in [5, 5.41) is 10.3. The van der Waals surface area contributed by atoms with Gasteiger partial charge in [-0.3, -0.25) is 4.79 Å². The van der Waals surface area contributed by atoms with Gasteiger partial charge in [0.25, 0.3) is 0 Å². The summed E-state index contributed by atoms with van der Waals surface area (Å²) in [6.45, 7) is 8.30. The fourth-order valence-corrected chi connectivity index (χ4v) is 3.22. The van der Waals surface area contributed by atoms with Gasteiger partial charge in [0.2, 0.25) is 0 Å². The molecule has 166 valence electrons. The Hall–Kier alpha value is -3.05. The quantitative estimate of drug-likeness (QED) is 0.319. The van der Waals surface area contributed by atoms with Crippen LogP contribution in [0.3, 0.4) is 0 Å². The molecule has 0 saturated carbocycles. The molecule has 2 rings (SSSR count). The highest BCUT2D eigenvalue weighted by atomic mass is 16.5. The first-order chi connectivity index (χ1) is 14.8. The highest BCUT2D eigenvalue weighted by molar-refractivity contribution is 5.76. The van der Waals surface area contributed by atoms with E-state index >= 15 is 0 Å². The molecule has 0 heterocycles. The average molecular weight is 424 g/mol. The number of ether oxygens (including phenoxy) is 2. The van der Waals surface area contributed by atoms with Gasteiger partial charge in [0.1, 0.15) is 11.9 Å². The summed E-state index contributed by atoms with van der Waals surface area (Å²) in [5.41, 5.74) is 10.2. The van der Waals surface area contributed by atoms with Crippen molar-refractivity contribution in [3.63, 3.8) is 0 Å². The van der Waals surface area contributed by atoms with Crippen LogP contribution in [0.25, 0.3) is 5.57 Å². The first kappa shape index (κ1) is 24.2. The first-order valence-corrected chi connectivity index (χ1v) is 10.6. The maximum atomic E-state index is 11.9. The van der Waals surface area contributed by atoms with Crippen LogP contribution in [0.5, 0.6) is 5.75 Å². The van der Waals surface area contributed by atoms with Crippen LogP contribution in [-0.2, 0) is 22.4 Å². The average Bonchev–Trinajstić information content (AvgIpc) is 2.73. The number of para-hydroxylation sites is 1. The van der Waals surface area contributed by atoms with E-state index < -0.39 is 0 Å². The van der Waals surface area contributed by atoms with Crippen molar-refractivity contribution in [1.82, 2.24) is 0 Å². The molecule has 0 amide bonds. The Labute approximate surface area is 185 Å². The molecule has 1 unspecified atom stereocenters. The van der Waals surface area contributed by atoms with Gasteiger partial charge in [-0.1, -0.05) is 42.5 Å². The lowest BCUT2D eigenvalue weighted by Gasteiger charge is -2.19. The third-order valence-electron chi connectivity index (χ3n) is 4.99. The predicted molar refractivity (Wildman–Crippen MR) is 125 cm³/mol. The van der Waals surface area contributed by atoms with Crippen LogP contribution in [0, 0.1) is 0 Å². The number of carbonyl (C=O) groups excluding carboxylic acids is 1. The number of rotatable bonds is 10. The lowest BCUT2D eigenvalue weighted by Crippen LogP contribution is -2.16. The van der Waals surface area contributed by atoms with Crippen molar-refractivity contribution < 1.29 is 19.4 Å². The van der Waals surface area contributed by atoms with E-state index in [-0.39, 0.29) is 24.3 Å². The molecule has 0 saturated heterocycles. The molecular weight excluding hydrogens is 390 g/mol. The summed E-state index contributed by atoms with van der Waals surface area (Å²) in [5.74, 6) is 0.600. The van der Waals surface area contributed by atoms with Gasteiger partial charge in [-0.15, -0.1) is 0 Å². The predicted octanol–water partition coefficient (Wildman–Crippen LogP) is 5.00. The maximum absolute atomic E-state index is 11.9. The molecule has 0 bridgehead atoms. The van der Waals surface area contributed by atoms with E-state index in [0.29, 0.717) is 18.9 Å². The number of aliphatic hydroxyl groups excluding tert-OH is 1. The van der Waals surface area contributed by atoms with Crippen molar-refractivity contribution in [1.29, 1.82) is 0 Å². The Bertz CT molecular complexity index is 942. The van der Waals surface area contributed by atoms with Gasteiger partial charge in [-0.05, 0) is 69.5 Å². The molecule has 0 aliphatic rings. The Morgan fingerprint density at radius 3 is 2.58 bits per heavy atom. The minimum atomic E-state index is -0.281. The lowest BCUT2D eigenvalue weighted by molar-refractivity contribution is -0.142. The zero-order chi connectivity index (χ0) is 22.8. The molecule has 5 nitrogen and oxygen atoms in total. The van der Waals surface area contributed by atoms with Crippen molar-refractivity contribution in [2.24, 2.45) is 5.73 Å². The van der Waals surface area contributed by atoms with Crippen molar-refractivity contribution in [2.45, 2.75) is 46.6 Å². The van der Waals surface area contributed by atoms with Gasteiger partial charge in [0.05, 0.1) is 18.8 Å². The van der Waals surface area contributed by atoms with E-state index in [1.165, 1.54) is 0 Å². The second-order valence-electron chi connectivity index (χ2n) is 7.48. The van der Waals surface area contributed by atoms with Crippen LogP contribution < -0.4 is 10.5 Å². The molecule has 5 heteroatoms. The molecular formula is C26H33NO4. The first-order valence-electron chi connectivity index (χ1n) is 10.6. The third-order valence-corrected chi connectivity index (χ3v) is 4.99. The van der Waals surface area contributed by atoms with E-state index in [2.05, 4.69) is 0 Å². The van der Waals surface area contributed by atoms with Gasteiger partial charge in [0, 0.05) is 11.1 Å². The molecule has 0 spiro atoms. The number of esters is 1. The Morgan fingerprint density at radius 1 is 1.16 bits per heavy atom.